The van der Waals surface area contributed by atoms with Crippen molar-refractivity contribution >= 4 is 24.8 Å². The zero-order chi connectivity index (χ0) is 17.0. The standard InChI is InChI=1S/C20H27NOSi/c1-7-22-23(5,6)20-14-10-18(11-15-20)16(2)17-8-12-19(13-9-17)21(3)4/h8-15H,2,7H2,1,3-6H3. The van der Waals surface area contributed by atoms with Crippen molar-refractivity contribution in [2.45, 2.75) is 20.0 Å². The third-order valence-corrected chi connectivity index (χ3v) is 6.90. The maximum atomic E-state index is 5.95. The molecule has 0 aliphatic rings. The van der Waals surface area contributed by atoms with Gasteiger partial charge >= 0.3 is 0 Å². The first-order valence-electron chi connectivity index (χ1n) is 8.06. The Morgan fingerprint density at radius 1 is 0.957 bits per heavy atom. The Morgan fingerprint density at radius 3 is 1.87 bits per heavy atom. The van der Waals surface area contributed by atoms with E-state index in [0.717, 1.165) is 23.3 Å². The van der Waals surface area contributed by atoms with Crippen molar-refractivity contribution in [1.82, 2.24) is 0 Å². The van der Waals surface area contributed by atoms with Gasteiger partial charge in [0.1, 0.15) is 0 Å². The average Bonchev–Trinajstić information content (AvgIpc) is 2.54. The molecule has 0 spiro atoms. The normalized spacial score (nSPS) is 11.3. The van der Waals surface area contributed by atoms with Gasteiger partial charge in [-0.3, -0.25) is 0 Å². The summed E-state index contributed by atoms with van der Waals surface area (Å²) in [5.41, 5.74) is 4.57. The first-order valence-corrected chi connectivity index (χ1v) is 11.0. The lowest BCUT2D eigenvalue weighted by Crippen LogP contribution is -2.44. The lowest BCUT2D eigenvalue weighted by molar-refractivity contribution is 0.339. The van der Waals surface area contributed by atoms with Crippen molar-refractivity contribution in [2.24, 2.45) is 0 Å². The summed E-state index contributed by atoms with van der Waals surface area (Å²) in [4.78, 5) is 2.10. The molecule has 0 radical (unpaired) electrons. The molecule has 23 heavy (non-hydrogen) atoms. The van der Waals surface area contributed by atoms with E-state index in [2.05, 4.69) is 80.0 Å². The highest BCUT2D eigenvalue weighted by Crippen LogP contribution is 2.23. The van der Waals surface area contributed by atoms with Crippen molar-refractivity contribution in [3.8, 4) is 0 Å². The van der Waals surface area contributed by atoms with Crippen LogP contribution in [0.5, 0.6) is 0 Å². The smallest absolute Gasteiger partial charge is 0.218 e. The van der Waals surface area contributed by atoms with E-state index >= 15 is 0 Å². The van der Waals surface area contributed by atoms with Crippen LogP contribution in [-0.4, -0.2) is 29.0 Å². The third-order valence-electron chi connectivity index (χ3n) is 4.17. The first kappa shape index (κ1) is 17.5. The number of hydrogen-bond donors (Lipinski definition) is 0. The molecule has 0 atom stereocenters. The highest BCUT2D eigenvalue weighted by molar-refractivity contribution is 6.84. The molecule has 2 aromatic carbocycles. The number of rotatable bonds is 6. The fraction of sp³-hybridized carbons (Fsp3) is 0.300. The SMILES string of the molecule is C=C(c1ccc(N(C)C)cc1)c1ccc([Si](C)(C)OCC)cc1. The quantitative estimate of drug-likeness (QED) is 0.736. The summed E-state index contributed by atoms with van der Waals surface area (Å²) in [6, 6.07) is 17.2. The Bertz CT molecular complexity index is 657. The molecule has 0 N–H and O–H groups in total. The highest BCUT2D eigenvalue weighted by atomic mass is 28.4. The van der Waals surface area contributed by atoms with Crippen molar-refractivity contribution in [3.63, 3.8) is 0 Å². The van der Waals surface area contributed by atoms with Gasteiger partial charge in [0.25, 0.3) is 0 Å². The topological polar surface area (TPSA) is 12.5 Å². The number of nitrogens with zero attached hydrogens (tertiary/aromatic N) is 1. The lowest BCUT2D eigenvalue weighted by Gasteiger charge is -2.22. The second-order valence-corrected chi connectivity index (χ2v) is 10.3. The van der Waals surface area contributed by atoms with Gasteiger partial charge in [-0.25, -0.2) is 0 Å². The summed E-state index contributed by atoms with van der Waals surface area (Å²) >= 11 is 0. The predicted molar refractivity (Wildman–Crippen MR) is 104 cm³/mol. The number of benzene rings is 2. The van der Waals surface area contributed by atoms with E-state index in [4.69, 9.17) is 4.43 Å². The molecule has 0 aromatic heterocycles. The van der Waals surface area contributed by atoms with Crippen LogP contribution in [0.15, 0.2) is 55.1 Å². The Balaban J connectivity index is 2.20. The van der Waals surface area contributed by atoms with Crippen molar-refractivity contribution in [2.75, 3.05) is 25.6 Å². The van der Waals surface area contributed by atoms with Crippen LogP contribution in [0.1, 0.15) is 18.1 Å². The van der Waals surface area contributed by atoms with E-state index < -0.39 is 8.32 Å². The van der Waals surface area contributed by atoms with Crippen LogP contribution in [-0.2, 0) is 4.43 Å². The summed E-state index contributed by atoms with van der Waals surface area (Å²) in [6.45, 7) is 11.6. The molecule has 0 saturated carbocycles. The highest BCUT2D eigenvalue weighted by Gasteiger charge is 2.24. The molecule has 2 rings (SSSR count). The molecule has 2 nitrogen and oxygen atoms in total. The van der Waals surface area contributed by atoms with Crippen LogP contribution < -0.4 is 10.1 Å². The minimum absolute atomic E-state index is 0.770. The molecule has 122 valence electrons. The third kappa shape index (κ3) is 4.12. The Kier molecular flexibility index (Phi) is 5.45. The minimum Gasteiger partial charge on any atom is -0.413 e. The Hall–Kier alpha value is -1.84. The molecule has 3 heteroatoms. The Labute approximate surface area is 141 Å². The van der Waals surface area contributed by atoms with Crippen LogP contribution in [0.3, 0.4) is 0 Å². The largest absolute Gasteiger partial charge is 0.413 e. The molecule has 0 unspecified atom stereocenters. The maximum absolute atomic E-state index is 5.95. The molecule has 0 amide bonds. The molecule has 0 aliphatic carbocycles. The van der Waals surface area contributed by atoms with E-state index in [-0.39, 0.29) is 0 Å². The summed E-state index contributed by atoms with van der Waals surface area (Å²) in [7, 11) is 2.32. The van der Waals surface area contributed by atoms with Gasteiger partial charge in [-0.05, 0) is 54.0 Å². The molecule has 0 fully saturated rings. The van der Waals surface area contributed by atoms with E-state index in [1.54, 1.807) is 0 Å². The molecule has 2 aromatic rings. The molecule has 0 aliphatic heterocycles. The van der Waals surface area contributed by atoms with E-state index in [1.807, 2.05) is 14.1 Å². The van der Waals surface area contributed by atoms with E-state index in [1.165, 1.54) is 10.9 Å². The molecule has 0 heterocycles. The van der Waals surface area contributed by atoms with Gasteiger partial charge in [-0.1, -0.05) is 43.0 Å². The van der Waals surface area contributed by atoms with Crippen molar-refractivity contribution < 1.29 is 4.43 Å². The molecule has 0 bridgehead atoms. The van der Waals surface area contributed by atoms with Gasteiger partial charge in [0.05, 0.1) is 0 Å². The van der Waals surface area contributed by atoms with Crippen LogP contribution in [0.25, 0.3) is 5.57 Å². The molecular weight excluding hydrogens is 298 g/mol. The van der Waals surface area contributed by atoms with Gasteiger partial charge in [0.2, 0.25) is 8.32 Å². The van der Waals surface area contributed by atoms with Gasteiger partial charge in [-0.2, -0.15) is 0 Å². The first-order chi connectivity index (χ1) is 10.8. The second kappa shape index (κ2) is 7.15. The van der Waals surface area contributed by atoms with E-state index in [0.29, 0.717) is 0 Å². The monoisotopic (exact) mass is 325 g/mol. The number of hydrogen-bond acceptors (Lipinski definition) is 2. The van der Waals surface area contributed by atoms with Crippen LogP contribution in [0.4, 0.5) is 5.69 Å². The average molecular weight is 326 g/mol. The fourth-order valence-corrected chi connectivity index (χ4v) is 4.50. The van der Waals surface area contributed by atoms with Gasteiger partial charge in [0.15, 0.2) is 0 Å². The lowest BCUT2D eigenvalue weighted by atomic mass is 9.99. The van der Waals surface area contributed by atoms with Crippen molar-refractivity contribution in [1.29, 1.82) is 0 Å². The summed E-state index contributed by atoms with van der Waals surface area (Å²) in [6.07, 6.45) is 0. The Morgan fingerprint density at radius 2 is 1.43 bits per heavy atom. The molecular formula is C20H27NOSi. The zero-order valence-corrected chi connectivity index (χ0v) is 15.9. The summed E-state index contributed by atoms with van der Waals surface area (Å²) in [5, 5.41) is 1.32. The maximum Gasteiger partial charge on any atom is 0.218 e. The summed E-state index contributed by atoms with van der Waals surface area (Å²) < 4.78 is 5.95. The fourth-order valence-electron chi connectivity index (χ4n) is 2.64. The van der Waals surface area contributed by atoms with Gasteiger partial charge in [0, 0.05) is 26.4 Å². The number of anilines is 1. The van der Waals surface area contributed by atoms with Crippen LogP contribution >= 0.6 is 0 Å². The van der Waals surface area contributed by atoms with Gasteiger partial charge in [-0.15, -0.1) is 0 Å². The van der Waals surface area contributed by atoms with Crippen LogP contribution in [0.2, 0.25) is 13.1 Å². The minimum atomic E-state index is -1.77. The zero-order valence-electron chi connectivity index (χ0n) is 14.9. The van der Waals surface area contributed by atoms with Gasteiger partial charge < -0.3 is 9.33 Å². The van der Waals surface area contributed by atoms with Crippen LogP contribution in [0, 0.1) is 0 Å². The van der Waals surface area contributed by atoms with Crippen molar-refractivity contribution in [3.05, 3.63) is 66.2 Å². The summed E-state index contributed by atoms with van der Waals surface area (Å²) in [5.74, 6) is 0. The predicted octanol–water partition coefficient (Wildman–Crippen LogP) is 4.26. The van der Waals surface area contributed by atoms with E-state index in [9.17, 15) is 0 Å². The second-order valence-electron chi connectivity index (χ2n) is 6.44. The molecule has 0 saturated heterocycles.